The topological polar surface area (TPSA) is 107 Å². The lowest BCUT2D eigenvalue weighted by atomic mass is 10.2. The van der Waals surface area contributed by atoms with Crippen molar-refractivity contribution < 1.29 is 9.59 Å². The van der Waals surface area contributed by atoms with E-state index in [1.165, 1.54) is 0 Å². The van der Waals surface area contributed by atoms with Gasteiger partial charge >= 0.3 is 6.03 Å². The first-order valence-electron chi connectivity index (χ1n) is 11.4. The molecule has 1 aromatic carbocycles. The summed E-state index contributed by atoms with van der Waals surface area (Å²) in [5.41, 5.74) is 8.09. The molecule has 0 spiro atoms. The minimum atomic E-state index is -0.330. The minimum absolute atomic E-state index is 0.0539. The normalized spacial score (nSPS) is 14.8. The fourth-order valence-corrected chi connectivity index (χ4v) is 3.59. The van der Waals surface area contributed by atoms with Gasteiger partial charge in [-0.1, -0.05) is 18.2 Å². The van der Waals surface area contributed by atoms with E-state index >= 15 is 0 Å². The van der Waals surface area contributed by atoms with E-state index in [1.54, 1.807) is 35.4 Å². The second kappa shape index (κ2) is 11.6. The van der Waals surface area contributed by atoms with Crippen LogP contribution in [0.25, 0.3) is 0 Å². The zero-order valence-electron chi connectivity index (χ0n) is 19.8. The van der Waals surface area contributed by atoms with Crippen molar-refractivity contribution in [2.24, 2.45) is 0 Å². The highest BCUT2D eigenvalue weighted by Crippen LogP contribution is 2.17. The first kappa shape index (κ1) is 24.5. The van der Waals surface area contributed by atoms with Crippen molar-refractivity contribution in [3.63, 3.8) is 0 Å². The van der Waals surface area contributed by atoms with E-state index in [2.05, 4.69) is 32.5 Å². The molecule has 0 aliphatic carbocycles. The first-order valence-corrected chi connectivity index (χ1v) is 11.4. The van der Waals surface area contributed by atoms with Crippen molar-refractivity contribution in [1.29, 1.82) is 0 Å². The number of urea groups is 1. The molecule has 3 rings (SSSR count). The third-order valence-corrected chi connectivity index (χ3v) is 5.62. The highest BCUT2D eigenvalue weighted by Gasteiger charge is 2.19. The quantitative estimate of drug-likeness (QED) is 0.529. The van der Waals surface area contributed by atoms with Crippen molar-refractivity contribution in [1.82, 2.24) is 25.0 Å². The lowest BCUT2D eigenvalue weighted by molar-refractivity contribution is 0.102. The molecule has 1 saturated heterocycles. The molecule has 0 atom stereocenters. The summed E-state index contributed by atoms with van der Waals surface area (Å²) in [7, 11) is 2.13. The van der Waals surface area contributed by atoms with Gasteiger partial charge in [0.1, 0.15) is 5.69 Å². The van der Waals surface area contributed by atoms with Gasteiger partial charge in [-0.15, -0.1) is 0 Å². The van der Waals surface area contributed by atoms with E-state index in [-0.39, 0.29) is 23.7 Å². The number of piperazine rings is 1. The fraction of sp³-hybridized carbons (Fsp3) is 0.458. The van der Waals surface area contributed by atoms with Crippen LogP contribution in [0.5, 0.6) is 0 Å². The van der Waals surface area contributed by atoms with Crippen LogP contribution in [-0.4, -0.2) is 84.0 Å². The number of aromatic nitrogens is 1. The van der Waals surface area contributed by atoms with Crippen molar-refractivity contribution in [3.05, 3.63) is 53.9 Å². The first-order chi connectivity index (χ1) is 15.8. The number of para-hydroxylation sites is 2. The number of benzene rings is 1. The van der Waals surface area contributed by atoms with E-state index in [0.29, 0.717) is 24.5 Å². The summed E-state index contributed by atoms with van der Waals surface area (Å²) in [6, 6.07) is 10.5. The van der Waals surface area contributed by atoms with Crippen LogP contribution in [0.1, 0.15) is 29.9 Å². The molecule has 0 unspecified atom stereocenters. The molecule has 1 aliphatic rings. The Bertz CT molecular complexity index is 925. The zero-order valence-corrected chi connectivity index (χ0v) is 19.8. The molecule has 0 bridgehead atoms. The zero-order chi connectivity index (χ0) is 23.8. The predicted octanol–water partition coefficient (Wildman–Crippen LogP) is 2.08. The summed E-state index contributed by atoms with van der Waals surface area (Å²) < 4.78 is 0. The monoisotopic (exact) mass is 453 g/mol. The molecule has 3 amide bonds. The summed E-state index contributed by atoms with van der Waals surface area (Å²) in [4.78, 5) is 36.1. The number of carbonyl (C=O) groups is 2. The number of hydrogen-bond donors (Lipinski definition) is 3. The molecule has 2 aromatic rings. The van der Waals surface area contributed by atoms with Gasteiger partial charge in [0.05, 0.1) is 11.4 Å². The number of anilines is 2. The lowest BCUT2D eigenvalue weighted by Crippen LogP contribution is -2.49. The second-order valence-electron chi connectivity index (χ2n) is 8.76. The van der Waals surface area contributed by atoms with Gasteiger partial charge in [0.2, 0.25) is 0 Å². The van der Waals surface area contributed by atoms with Crippen LogP contribution in [0.4, 0.5) is 16.2 Å². The van der Waals surface area contributed by atoms with E-state index < -0.39 is 0 Å². The van der Waals surface area contributed by atoms with Gasteiger partial charge in [-0.3, -0.25) is 14.7 Å². The summed E-state index contributed by atoms with van der Waals surface area (Å²) in [5, 5.41) is 5.76. The van der Waals surface area contributed by atoms with Crippen LogP contribution in [0.3, 0.4) is 0 Å². The summed E-state index contributed by atoms with van der Waals surface area (Å²) >= 11 is 0. The van der Waals surface area contributed by atoms with Gasteiger partial charge in [-0.05, 0) is 44.7 Å². The van der Waals surface area contributed by atoms with E-state index in [0.717, 1.165) is 38.3 Å². The molecule has 0 radical (unpaired) electrons. The number of nitrogens with zero attached hydrogens (tertiary/aromatic N) is 4. The molecule has 33 heavy (non-hydrogen) atoms. The largest absolute Gasteiger partial charge is 0.397 e. The number of amides is 3. The van der Waals surface area contributed by atoms with Crippen molar-refractivity contribution in [2.45, 2.75) is 26.4 Å². The Morgan fingerprint density at radius 3 is 2.48 bits per heavy atom. The standard InChI is InChI=1S/C24H35N7O2/c1-18(2)27-24(33)31(15-14-30-12-10-29(3)11-13-30)17-19-8-9-22(26-16-19)23(32)28-21-7-5-4-6-20(21)25/h4-9,16,18H,10-15,17,25H2,1-3H3,(H,27,33)(H,28,32). The van der Waals surface area contributed by atoms with Gasteiger partial charge < -0.3 is 26.2 Å². The molecular weight excluding hydrogens is 418 g/mol. The van der Waals surface area contributed by atoms with Crippen molar-refractivity contribution >= 4 is 23.3 Å². The van der Waals surface area contributed by atoms with Crippen LogP contribution in [0, 0.1) is 0 Å². The number of pyridine rings is 1. The Morgan fingerprint density at radius 2 is 1.85 bits per heavy atom. The highest BCUT2D eigenvalue weighted by molar-refractivity contribution is 6.04. The van der Waals surface area contributed by atoms with Crippen LogP contribution in [0.2, 0.25) is 0 Å². The number of rotatable bonds is 8. The lowest BCUT2D eigenvalue weighted by Gasteiger charge is -2.34. The molecule has 2 heterocycles. The van der Waals surface area contributed by atoms with Gasteiger partial charge in [-0.2, -0.15) is 0 Å². The van der Waals surface area contributed by atoms with E-state index in [9.17, 15) is 9.59 Å². The van der Waals surface area contributed by atoms with Crippen LogP contribution >= 0.6 is 0 Å². The molecule has 4 N–H and O–H groups in total. The molecule has 1 aromatic heterocycles. The number of nitrogens with two attached hydrogens (primary N) is 1. The van der Waals surface area contributed by atoms with E-state index in [4.69, 9.17) is 5.73 Å². The maximum atomic E-state index is 12.8. The van der Waals surface area contributed by atoms with Gasteiger partial charge in [0.25, 0.3) is 5.91 Å². The van der Waals surface area contributed by atoms with Gasteiger partial charge in [0.15, 0.2) is 0 Å². The van der Waals surface area contributed by atoms with E-state index in [1.807, 2.05) is 26.0 Å². The fourth-order valence-electron chi connectivity index (χ4n) is 3.59. The highest BCUT2D eigenvalue weighted by atomic mass is 16.2. The maximum Gasteiger partial charge on any atom is 0.317 e. The SMILES string of the molecule is CC(C)NC(=O)N(CCN1CCN(C)CC1)Cc1ccc(C(=O)Nc2ccccc2N)nc1. The van der Waals surface area contributed by atoms with Gasteiger partial charge in [-0.25, -0.2) is 4.79 Å². The van der Waals surface area contributed by atoms with Crippen LogP contribution in [0.15, 0.2) is 42.6 Å². The number of nitrogens with one attached hydrogen (secondary N) is 2. The van der Waals surface area contributed by atoms with Crippen molar-refractivity contribution in [2.75, 3.05) is 57.4 Å². The number of likely N-dealkylation sites (N-methyl/N-ethyl adjacent to an activating group) is 1. The molecule has 1 fully saturated rings. The minimum Gasteiger partial charge on any atom is -0.397 e. The van der Waals surface area contributed by atoms with Crippen LogP contribution < -0.4 is 16.4 Å². The van der Waals surface area contributed by atoms with Crippen LogP contribution in [-0.2, 0) is 6.54 Å². The predicted molar refractivity (Wildman–Crippen MR) is 131 cm³/mol. The smallest absolute Gasteiger partial charge is 0.317 e. The molecule has 0 saturated carbocycles. The third-order valence-electron chi connectivity index (χ3n) is 5.62. The van der Waals surface area contributed by atoms with Gasteiger partial charge in [0, 0.05) is 58.1 Å². The molecular formula is C24H35N7O2. The number of hydrogen-bond acceptors (Lipinski definition) is 6. The Labute approximate surface area is 195 Å². The number of carbonyl (C=O) groups excluding carboxylic acids is 2. The maximum absolute atomic E-state index is 12.8. The summed E-state index contributed by atoms with van der Waals surface area (Å²) in [6.07, 6.45) is 1.65. The third kappa shape index (κ3) is 7.44. The summed E-state index contributed by atoms with van der Waals surface area (Å²) in [6.45, 7) is 9.87. The second-order valence-corrected chi connectivity index (χ2v) is 8.76. The average Bonchev–Trinajstić information content (AvgIpc) is 2.79. The summed E-state index contributed by atoms with van der Waals surface area (Å²) in [5.74, 6) is -0.330. The molecule has 9 nitrogen and oxygen atoms in total. The Morgan fingerprint density at radius 1 is 1.12 bits per heavy atom. The average molecular weight is 454 g/mol. The molecule has 9 heteroatoms. The molecule has 178 valence electrons. The Kier molecular flexibility index (Phi) is 8.62. The Balaban J connectivity index is 1.61. The van der Waals surface area contributed by atoms with Crippen molar-refractivity contribution in [3.8, 4) is 0 Å². The Hall–Kier alpha value is -3.17. The molecule has 1 aliphatic heterocycles. The number of nitrogen functional groups attached to an aromatic ring is 1.